The van der Waals surface area contributed by atoms with Gasteiger partial charge in [0, 0.05) is 37.9 Å². The number of amides is 2. The second-order valence-electron chi connectivity index (χ2n) is 7.18. The molecule has 2 amide bonds. The van der Waals surface area contributed by atoms with Crippen molar-refractivity contribution in [2.75, 3.05) is 23.9 Å². The summed E-state index contributed by atoms with van der Waals surface area (Å²) < 4.78 is 40.6. The molecule has 0 aliphatic carbocycles. The molecule has 1 heterocycles. The largest absolute Gasteiger partial charge is 0.416 e. The number of benzene rings is 2. The number of carbonyl (C=O) groups excluding carboxylic acids is 2. The summed E-state index contributed by atoms with van der Waals surface area (Å²) in [6.45, 7) is 1.99. The molecule has 0 saturated heterocycles. The zero-order chi connectivity index (χ0) is 23.5. The van der Waals surface area contributed by atoms with Crippen LogP contribution >= 0.6 is 0 Å². The molecule has 3 aromatic rings. The van der Waals surface area contributed by atoms with Crippen LogP contribution in [-0.2, 0) is 17.5 Å². The van der Waals surface area contributed by atoms with E-state index in [4.69, 9.17) is 0 Å². The number of aliphatic hydroxyl groups excluding tert-OH is 1. The molecular formula is C22H23F3N4O3. The number of nitrogens with zero attached hydrogens (tertiary/aromatic N) is 3. The van der Waals surface area contributed by atoms with Crippen molar-refractivity contribution in [2.24, 2.45) is 0 Å². The van der Waals surface area contributed by atoms with Gasteiger partial charge in [-0.05, 0) is 42.8 Å². The molecule has 0 fully saturated rings. The highest BCUT2D eigenvalue weighted by atomic mass is 19.4. The fourth-order valence-corrected chi connectivity index (χ4v) is 3.27. The molecule has 0 unspecified atom stereocenters. The van der Waals surface area contributed by atoms with Gasteiger partial charge in [0.1, 0.15) is 0 Å². The number of aromatic nitrogens is 2. The predicted molar refractivity (Wildman–Crippen MR) is 115 cm³/mol. The smallest absolute Gasteiger partial charge is 0.396 e. The second kappa shape index (κ2) is 9.39. The lowest BCUT2D eigenvalue weighted by Gasteiger charge is -2.16. The van der Waals surface area contributed by atoms with E-state index in [9.17, 15) is 27.9 Å². The first-order valence-electron chi connectivity index (χ1n) is 10.0. The average molecular weight is 448 g/mol. The summed E-state index contributed by atoms with van der Waals surface area (Å²) in [5, 5.41) is 11.8. The van der Waals surface area contributed by atoms with Crippen molar-refractivity contribution < 1.29 is 27.9 Å². The SMILES string of the molecule is CCC(=O)N(C)c1ccc2c(c1)nc(NC(=O)c1cccc(C(F)(F)F)c1)n2CCCO. The van der Waals surface area contributed by atoms with Crippen LogP contribution in [0.5, 0.6) is 0 Å². The van der Waals surface area contributed by atoms with Crippen LogP contribution in [-0.4, -0.2) is 40.1 Å². The van der Waals surface area contributed by atoms with E-state index in [0.717, 1.165) is 12.1 Å². The minimum Gasteiger partial charge on any atom is -0.396 e. The maximum atomic E-state index is 13.0. The fourth-order valence-electron chi connectivity index (χ4n) is 3.27. The Morgan fingerprint density at radius 3 is 2.59 bits per heavy atom. The van der Waals surface area contributed by atoms with Crippen LogP contribution in [0.4, 0.5) is 24.8 Å². The van der Waals surface area contributed by atoms with Crippen molar-refractivity contribution in [3.63, 3.8) is 0 Å². The van der Waals surface area contributed by atoms with Crippen LogP contribution in [0.2, 0.25) is 0 Å². The van der Waals surface area contributed by atoms with Gasteiger partial charge in [0.05, 0.1) is 16.6 Å². The number of aryl methyl sites for hydroxylation is 1. The molecular weight excluding hydrogens is 425 g/mol. The van der Waals surface area contributed by atoms with E-state index < -0.39 is 17.6 Å². The van der Waals surface area contributed by atoms with Crippen molar-refractivity contribution >= 4 is 34.5 Å². The van der Waals surface area contributed by atoms with Crippen molar-refractivity contribution in [3.8, 4) is 0 Å². The Hall–Kier alpha value is -3.40. The normalized spacial score (nSPS) is 11.6. The van der Waals surface area contributed by atoms with Gasteiger partial charge in [0.2, 0.25) is 11.9 Å². The number of rotatable bonds is 7. The van der Waals surface area contributed by atoms with Gasteiger partial charge < -0.3 is 14.6 Å². The maximum absolute atomic E-state index is 13.0. The topological polar surface area (TPSA) is 87.5 Å². The molecule has 7 nitrogen and oxygen atoms in total. The summed E-state index contributed by atoms with van der Waals surface area (Å²) in [5.41, 5.74) is 0.683. The van der Waals surface area contributed by atoms with E-state index >= 15 is 0 Å². The van der Waals surface area contributed by atoms with Gasteiger partial charge in [-0.2, -0.15) is 13.2 Å². The number of anilines is 2. The Balaban J connectivity index is 1.97. The number of fused-ring (bicyclic) bond motifs is 1. The molecule has 0 aliphatic heterocycles. The predicted octanol–water partition coefficient (Wildman–Crippen LogP) is 4.06. The van der Waals surface area contributed by atoms with E-state index in [1.54, 1.807) is 36.7 Å². The zero-order valence-electron chi connectivity index (χ0n) is 17.6. The van der Waals surface area contributed by atoms with Crippen LogP contribution in [0.15, 0.2) is 42.5 Å². The number of hydrogen-bond donors (Lipinski definition) is 2. The number of halogens is 3. The third-order valence-corrected chi connectivity index (χ3v) is 5.01. The Labute approximate surface area is 182 Å². The molecule has 32 heavy (non-hydrogen) atoms. The quantitative estimate of drug-likeness (QED) is 0.571. The molecule has 0 saturated carbocycles. The second-order valence-corrected chi connectivity index (χ2v) is 7.18. The molecule has 10 heteroatoms. The van der Waals surface area contributed by atoms with Gasteiger partial charge >= 0.3 is 6.18 Å². The molecule has 2 aromatic carbocycles. The third kappa shape index (κ3) is 4.91. The summed E-state index contributed by atoms with van der Waals surface area (Å²) in [5.74, 6) is -0.685. The minimum absolute atomic E-state index is 0.0814. The minimum atomic E-state index is -4.57. The van der Waals surface area contributed by atoms with Crippen molar-refractivity contribution in [2.45, 2.75) is 32.5 Å². The highest BCUT2D eigenvalue weighted by Crippen LogP contribution is 2.30. The van der Waals surface area contributed by atoms with Gasteiger partial charge in [0.15, 0.2) is 0 Å². The van der Waals surface area contributed by atoms with E-state index in [-0.39, 0.29) is 24.0 Å². The molecule has 0 aliphatic rings. The number of imidazole rings is 1. The summed E-state index contributed by atoms with van der Waals surface area (Å²) in [6.07, 6.45) is -3.85. The van der Waals surface area contributed by atoms with Crippen LogP contribution in [0.1, 0.15) is 35.7 Å². The van der Waals surface area contributed by atoms with Gasteiger partial charge in [-0.15, -0.1) is 0 Å². The number of hydrogen-bond acceptors (Lipinski definition) is 4. The monoisotopic (exact) mass is 448 g/mol. The summed E-state index contributed by atoms with van der Waals surface area (Å²) in [7, 11) is 1.64. The van der Waals surface area contributed by atoms with E-state index in [0.29, 0.717) is 36.1 Å². The first kappa shape index (κ1) is 23.3. The molecule has 1 aromatic heterocycles. The Bertz CT molecular complexity index is 1140. The summed E-state index contributed by atoms with van der Waals surface area (Å²) in [4.78, 5) is 30.6. The van der Waals surface area contributed by atoms with E-state index in [2.05, 4.69) is 10.3 Å². The Kier molecular flexibility index (Phi) is 6.83. The van der Waals surface area contributed by atoms with Crippen LogP contribution in [0.3, 0.4) is 0 Å². The molecule has 0 bridgehead atoms. The van der Waals surface area contributed by atoms with Crippen LogP contribution in [0, 0.1) is 0 Å². The molecule has 2 N–H and O–H groups in total. The molecule has 170 valence electrons. The maximum Gasteiger partial charge on any atom is 0.416 e. The van der Waals surface area contributed by atoms with Gasteiger partial charge in [0.25, 0.3) is 5.91 Å². The fraction of sp³-hybridized carbons (Fsp3) is 0.318. The summed E-state index contributed by atoms with van der Waals surface area (Å²) in [6, 6.07) is 9.30. The van der Waals surface area contributed by atoms with Crippen molar-refractivity contribution in [1.29, 1.82) is 0 Å². The lowest BCUT2D eigenvalue weighted by molar-refractivity contribution is -0.137. The van der Waals surface area contributed by atoms with Gasteiger partial charge in [-0.25, -0.2) is 4.98 Å². The highest BCUT2D eigenvalue weighted by molar-refractivity contribution is 6.04. The lowest BCUT2D eigenvalue weighted by atomic mass is 10.1. The molecule has 0 atom stereocenters. The number of nitrogens with one attached hydrogen (secondary N) is 1. The molecule has 3 rings (SSSR count). The van der Waals surface area contributed by atoms with Crippen molar-refractivity contribution in [1.82, 2.24) is 9.55 Å². The van der Waals surface area contributed by atoms with Crippen LogP contribution < -0.4 is 10.2 Å². The number of alkyl halides is 3. The number of aliphatic hydroxyl groups is 1. The van der Waals surface area contributed by atoms with Gasteiger partial charge in [-0.1, -0.05) is 13.0 Å². The highest BCUT2D eigenvalue weighted by Gasteiger charge is 2.31. The van der Waals surface area contributed by atoms with Crippen molar-refractivity contribution in [3.05, 3.63) is 53.6 Å². The molecule has 0 radical (unpaired) electrons. The average Bonchev–Trinajstić information content (AvgIpc) is 3.11. The lowest BCUT2D eigenvalue weighted by Crippen LogP contribution is -2.24. The van der Waals surface area contributed by atoms with E-state index in [1.807, 2.05) is 0 Å². The zero-order valence-corrected chi connectivity index (χ0v) is 17.6. The third-order valence-electron chi connectivity index (χ3n) is 5.01. The Morgan fingerprint density at radius 2 is 1.94 bits per heavy atom. The first-order chi connectivity index (χ1) is 15.2. The summed E-state index contributed by atoms with van der Waals surface area (Å²) >= 11 is 0. The van der Waals surface area contributed by atoms with E-state index in [1.165, 1.54) is 17.0 Å². The Morgan fingerprint density at radius 1 is 1.19 bits per heavy atom. The number of carbonyl (C=O) groups is 2. The van der Waals surface area contributed by atoms with Crippen LogP contribution in [0.25, 0.3) is 11.0 Å². The van der Waals surface area contributed by atoms with Gasteiger partial charge in [-0.3, -0.25) is 14.9 Å². The standard InChI is InChI=1S/C22H23F3N4O3/c1-3-19(31)28(2)16-8-9-18-17(13-16)26-21(29(18)10-5-11-30)27-20(32)14-6-4-7-15(12-14)22(23,24)25/h4,6-9,12-13,30H,3,5,10-11H2,1-2H3,(H,26,27,32). The first-order valence-corrected chi connectivity index (χ1v) is 10.0. The molecule has 0 spiro atoms.